The van der Waals surface area contributed by atoms with Crippen molar-refractivity contribution < 1.29 is 17.9 Å². The van der Waals surface area contributed by atoms with Gasteiger partial charge in [-0.2, -0.15) is 0 Å². The first-order valence-corrected chi connectivity index (χ1v) is 10.4. The molecule has 0 heterocycles. The predicted octanol–water partition coefficient (Wildman–Crippen LogP) is 2.70. The van der Waals surface area contributed by atoms with E-state index in [2.05, 4.69) is 4.72 Å². The van der Waals surface area contributed by atoms with Crippen molar-refractivity contribution in [2.24, 2.45) is 0 Å². The van der Waals surface area contributed by atoms with Gasteiger partial charge in [0.05, 0.1) is 12.0 Å². The number of para-hydroxylation sites is 1. The molecular formula is C20H26N2O4S. The first kappa shape index (κ1) is 20.9. The number of hydrogen-bond donors (Lipinski definition) is 1. The summed E-state index contributed by atoms with van der Waals surface area (Å²) in [5.41, 5.74) is 1.29. The summed E-state index contributed by atoms with van der Waals surface area (Å²) in [5.74, 6) is 0.551. The molecule has 0 saturated carbocycles. The highest BCUT2D eigenvalue weighted by molar-refractivity contribution is 7.89. The third-order valence-corrected chi connectivity index (χ3v) is 5.78. The highest BCUT2D eigenvalue weighted by atomic mass is 32.2. The molecule has 1 amide bonds. The Morgan fingerprint density at radius 2 is 1.78 bits per heavy atom. The van der Waals surface area contributed by atoms with Gasteiger partial charge in [0.15, 0.2) is 0 Å². The average molecular weight is 391 g/mol. The van der Waals surface area contributed by atoms with Gasteiger partial charge < -0.3 is 9.64 Å². The number of nitrogens with zero attached hydrogens (tertiary/aromatic N) is 1. The Bertz CT molecular complexity index is 877. The van der Waals surface area contributed by atoms with Gasteiger partial charge in [-0.25, -0.2) is 13.1 Å². The Morgan fingerprint density at radius 1 is 1.07 bits per heavy atom. The molecule has 0 saturated heterocycles. The zero-order valence-electron chi connectivity index (χ0n) is 15.9. The van der Waals surface area contributed by atoms with Crippen LogP contribution in [0.4, 0.5) is 0 Å². The summed E-state index contributed by atoms with van der Waals surface area (Å²) in [4.78, 5) is 14.2. The molecule has 146 valence electrons. The van der Waals surface area contributed by atoms with Crippen molar-refractivity contribution in [1.29, 1.82) is 0 Å². The quantitative estimate of drug-likeness (QED) is 0.714. The number of rotatable bonds is 9. The Labute approximate surface area is 161 Å². The normalized spacial score (nSPS) is 11.2. The summed E-state index contributed by atoms with van der Waals surface area (Å²) >= 11 is 0. The largest absolute Gasteiger partial charge is 0.496 e. The molecule has 0 spiro atoms. The summed E-state index contributed by atoms with van der Waals surface area (Å²) in [6, 6.07) is 13.6. The predicted molar refractivity (Wildman–Crippen MR) is 106 cm³/mol. The van der Waals surface area contributed by atoms with Crippen molar-refractivity contribution >= 4 is 15.9 Å². The van der Waals surface area contributed by atoms with Gasteiger partial charge in [-0.3, -0.25) is 4.79 Å². The van der Waals surface area contributed by atoms with Crippen molar-refractivity contribution in [3.05, 3.63) is 59.7 Å². The number of amides is 1. The van der Waals surface area contributed by atoms with Crippen molar-refractivity contribution in [2.75, 3.05) is 26.7 Å². The molecule has 0 unspecified atom stereocenters. The van der Waals surface area contributed by atoms with Gasteiger partial charge in [0.1, 0.15) is 5.75 Å². The molecular weight excluding hydrogens is 364 g/mol. The van der Waals surface area contributed by atoms with E-state index in [1.165, 1.54) is 12.1 Å². The highest BCUT2D eigenvalue weighted by Crippen LogP contribution is 2.18. The average Bonchev–Trinajstić information content (AvgIpc) is 2.69. The minimum Gasteiger partial charge on any atom is -0.496 e. The third-order valence-electron chi connectivity index (χ3n) is 4.32. The number of benzene rings is 2. The minimum atomic E-state index is -3.71. The molecule has 2 aromatic rings. The summed E-state index contributed by atoms with van der Waals surface area (Å²) < 4.78 is 33.1. The lowest BCUT2D eigenvalue weighted by Crippen LogP contribution is -2.31. The van der Waals surface area contributed by atoms with E-state index in [9.17, 15) is 13.2 Å². The molecule has 0 aromatic heterocycles. The number of methoxy groups -OCH3 is 1. The second-order valence-electron chi connectivity index (χ2n) is 5.96. The molecule has 0 fully saturated rings. The van der Waals surface area contributed by atoms with Crippen LogP contribution in [0.15, 0.2) is 53.4 Å². The van der Waals surface area contributed by atoms with Crippen LogP contribution in [-0.2, 0) is 16.4 Å². The van der Waals surface area contributed by atoms with Gasteiger partial charge >= 0.3 is 0 Å². The van der Waals surface area contributed by atoms with Gasteiger partial charge in [0.25, 0.3) is 5.91 Å². The lowest BCUT2D eigenvalue weighted by atomic mass is 10.1. The van der Waals surface area contributed by atoms with E-state index in [0.717, 1.165) is 11.3 Å². The van der Waals surface area contributed by atoms with Gasteiger partial charge in [-0.15, -0.1) is 0 Å². The monoisotopic (exact) mass is 390 g/mol. The molecule has 2 aromatic carbocycles. The van der Waals surface area contributed by atoms with Gasteiger partial charge in [0, 0.05) is 25.2 Å². The third kappa shape index (κ3) is 5.30. The van der Waals surface area contributed by atoms with Crippen LogP contribution < -0.4 is 9.46 Å². The summed E-state index contributed by atoms with van der Waals surface area (Å²) in [6.07, 6.45) is 0.501. The van der Waals surface area contributed by atoms with Crippen LogP contribution in [0.25, 0.3) is 0 Å². The minimum absolute atomic E-state index is 0.0838. The zero-order valence-corrected chi connectivity index (χ0v) is 16.8. The van der Waals surface area contributed by atoms with Crippen molar-refractivity contribution in [3.8, 4) is 5.75 Å². The maximum absolute atomic E-state index is 12.6. The van der Waals surface area contributed by atoms with Gasteiger partial charge in [-0.05, 0) is 50.1 Å². The summed E-state index contributed by atoms with van der Waals surface area (Å²) in [5, 5.41) is 0. The molecule has 0 bridgehead atoms. The molecule has 6 nitrogen and oxygen atoms in total. The molecule has 0 aliphatic heterocycles. The lowest BCUT2D eigenvalue weighted by molar-refractivity contribution is 0.0772. The van der Waals surface area contributed by atoms with Crippen molar-refractivity contribution in [2.45, 2.75) is 25.2 Å². The van der Waals surface area contributed by atoms with Crippen LogP contribution in [0.5, 0.6) is 5.75 Å². The number of hydrogen-bond acceptors (Lipinski definition) is 4. The van der Waals surface area contributed by atoms with Crippen LogP contribution in [0.3, 0.4) is 0 Å². The molecule has 27 heavy (non-hydrogen) atoms. The molecule has 1 N–H and O–H groups in total. The van der Waals surface area contributed by atoms with Crippen LogP contribution in [0.2, 0.25) is 0 Å². The maximum atomic E-state index is 12.6. The van der Waals surface area contributed by atoms with Crippen LogP contribution in [0, 0.1) is 0 Å². The maximum Gasteiger partial charge on any atom is 0.253 e. The Hall–Kier alpha value is -2.38. The van der Waals surface area contributed by atoms with Gasteiger partial charge in [-0.1, -0.05) is 24.3 Å². The van der Waals surface area contributed by atoms with E-state index in [4.69, 9.17) is 4.74 Å². The van der Waals surface area contributed by atoms with Crippen molar-refractivity contribution in [3.63, 3.8) is 0 Å². The fourth-order valence-corrected chi connectivity index (χ4v) is 3.88. The lowest BCUT2D eigenvalue weighted by Gasteiger charge is -2.19. The molecule has 2 rings (SSSR count). The summed E-state index contributed by atoms with van der Waals surface area (Å²) in [7, 11) is -2.12. The van der Waals surface area contributed by atoms with E-state index >= 15 is 0 Å². The number of sulfonamides is 1. The fraction of sp³-hybridized carbons (Fsp3) is 0.350. The molecule has 7 heteroatoms. The fourth-order valence-electron chi connectivity index (χ4n) is 2.80. The van der Waals surface area contributed by atoms with E-state index in [1.54, 1.807) is 24.1 Å². The van der Waals surface area contributed by atoms with E-state index in [1.807, 2.05) is 38.1 Å². The molecule has 0 aliphatic rings. The van der Waals surface area contributed by atoms with Crippen LogP contribution in [0.1, 0.15) is 29.8 Å². The standard InChI is InChI=1S/C20H26N2O4S/c1-4-22(5-2)20(23)17-10-8-11-18(15-17)27(24,25)21-14-13-16-9-6-7-12-19(16)26-3/h6-12,15,21H,4-5,13-14H2,1-3H3. The van der Waals surface area contributed by atoms with E-state index in [-0.39, 0.29) is 17.3 Å². The first-order valence-electron chi connectivity index (χ1n) is 8.93. The Kier molecular flexibility index (Phi) is 7.38. The van der Waals surface area contributed by atoms with E-state index in [0.29, 0.717) is 25.1 Å². The van der Waals surface area contributed by atoms with Crippen LogP contribution in [-0.4, -0.2) is 46.0 Å². The second-order valence-corrected chi connectivity index (χ2v) is 7.73. The van der Waals surface area contributed by atoms with E-state index < -0.39 is 10.0 Å². The van der Waals surface area contributed by atoms with Crippen LogP contribution >= 0.6 is 0 Å². The number of nitrogens with one attached hydrogen (secondary N) is 1. The molecule has 0 radical (unpaired) electrons. The Balaban J connectivity index is 2.10. The first-order chi connectivity index (χ1) is 12.9. The zero-order chi connectivity index (χ0) is 19.9. The topological polar surface area (TPSA) is 75.7 Å². The molecule has 0 aliphatic carbocycles. The number of ether oxygens (including phenoxy) is 1. The number of carbonyl (C=O) groups excluding carboxylic acids is 1. The smallest absolute Gasteiger partial charge is 0.253 e. The number of carbonyl (C=O) groups is 1. The summed E-state index contributed by atoms with van der Waals surface area (Å²) in [6.45, 7) is 5.16. The van der Waals surface area contributed by atoms with Crippen molar-refractivity contribution in [1.82, 2.24) is 9.62 Å². The Morgan fingerprint density at radius 3 is 2.44 bits per heavy atom. The van der Waals surface area contributed by atoms with Gasteiger partial charge in [0.2, 0.25) is 10.0 Å². The molecule has 0 atom stereocenters. The highest BCUT2D eigenvalue weighted by Gasteiger charge is 2.18. The second kappa shape index (κ2) is 9.53. The SMILES string of the molecule is CCN(CC)C(=O)c1cccc(S(=O)(=O)NCCc2ccccc2OC)c1.